The number of pyridine rings is 1. The number of nitrogens with one attached hydrogen (secondary N) is 2. The Hall–Kier alpha value is -2.11. The molecule has 6 nitrogen and oxygen atoms in total. The van der Waals surface area contributed by atoms with Crippen molar-refractivity contribution >= 4 is 11.9 Å². The van der Waals surface area contributed by atoms with Gasteiger partial charge in [-0.05, 0) is 24.5 Å². The second-order valence-electron chi connectivity index (χ2n) is 4.41. The first kappa shape index (κ1) is 14.0. The lowest BCUT2D eigenvalue weighted by Gasteiger charge is -2.16. The Labute approximate surface area is 104 Å². The van der Waals surface area contributed by atoms with Crippen molar-refractivity contribution in [2.75, 3.05) is 0 Å². The highest BCUT2D eigenvalue weighted by Crippen LogP contribution is 2.05. The van der Waals surface area contributed by atoms with E-state index in [1.54, 1.807) is 0 Å². The topological polar surface area (TPSA) is 99.3 Å². The first-order valence-electron chi connectivity index (χ1n) is 5.63. The third-order valence-electron chi connectivity index (χ3n) is 2.37. The quantitative estimate of drug-likeness (QED) is 0.714. The monoisotopic (exact) mass is 252 g/mol. The molecule has 0 aromatic carbocycles. The Balaban J connectivity index is 2.82. The SMILES string of the molecule is CC(C)CC(NC(=O)c1ccc[nH]c1=O)C(=O)O. The Bertz CT molecular complexity index is 493. The van der Waals surface area contributed by atoms with Crippen LogP contribution in [0.5, 0.6) is 0 Å². The van der Waals surface area contributed by atoms with E-state index >= 15 is 0 Å². The van der Waals surface area contributed by atoms with Crippen LogP contribution in [0.1, 0.15) is 30.6 Å². The van der Waals surface area contributed by atoms with Gasteiger partial charge >= 0.3 is 5.97 Å². The number of hydrogen-bond donors (Lipinski definition) is 3. The molecule has 0 saturated carbocycles. The highest BCUT2D eigenvalue weighted by Gasteiger charge is 2.22. The van der Waals surface area contributed by atoms with E-state index in [1.165, 1.54) is 18.3 Å². The number of carboxylic acids is 1. The van der Waals surface area contributed by atoms with Crippen LogP contribution in [0.25, 0.3) is 0 Å². The van der Waals surface area contributed by atoms with Crippen LogP contribution in [-0.2, 0) is 4.79 Å². The number of carboxylic acid groups (broad SMARTS) is 1. The molecule has 1 aromatic rings. The molecule has 6 heteroatoms. The lowest BCUT2D eigenvalue weighted by atomic mass is 10.0. The average Bonchev–Trinajstić information content (AvgIpc) is 2.27. The molecule has 0 fully saturated rings. The van der Waals surface area contributed by atoms with Gasteiger partial charge in [-0.1, -0.05) is 13.8 Å². The summed E-state index contributed by atoms with van der Waals surface area (Å²) in [4.78, 5) is 36.5. The van der Waals surface area contributed by atoms with E-state index in [0.717, 1.165) is 0 Å². The molecule has 3 N–H and O–H groups in total. The van der Waals surface area contributed by atoms with Crippen molar-refractivity contribution in [3.63, 3.8) is 0 Å². The van der Waals surface area contributed by atoms with Gasteiger partial charge in [-0.3, -0.25) is 9.59 Å². The summed E-state index contributed by atoms with van der Waals surface area (Å²) in [6.07, 6.45) is 1.72. The number of amides is 1. The van der Waals surface area contributed by atoms with Gasteiger partial charge < -0.3 is 15.4 Å². The molecule has 1 heterocycles. The molecule has 0 aliphatic carbocycles. The summed E-state index contributed by atoms with van der Waals surface area (Å²) >= 11 is 0. The van der Waals surface area contributed by atoms with Crippen molar-refractivity contribution in [1.29, 1.82) is 0 Å². The molecule has 18 heavy (non-hydrogen) atoms. The normalized spacial score (nSPS) is 12.2. The minimum Gasteiger partial charge on any atom is -0.480 e. The molecule has 1 aromatic heterocycles. The molecular formula is C12H16N2O4. The molecule has 0 radical (unpaired) electrons. The summed E-state index contributed by atoms with van der Waals surface area (Å²) in [5, 5.41) is 11.3. The van der Waals surface area contributed by atoms with Crippen molar-refractivity contribution < 1.29 is 14.7 Å². The molecule has 0 bridgehead atoms. The number of carbonyl (C=O) groups excluding carboxylic acids is 1. The molecule has 0 aliphatic rings. The Morgan fingerprint density at radius 2 is 2.11 bits per heavy atom. The number of aliphatic carboxylic acids is 1. The van der Waals surface area contributed by atoms with E-state index in [9.17, 15) is 14.4 Å². The van der Waals surface area contributed by atoms with E-state index < -0.39 is 23.5 Å². The van der Waals surface area contributed by atoms with Gasteiger partial charge in [-0.25, -0.2) is 4.79 Å². The van der Waals surface area contributed by atoms with Crippen molar-refractivity contribution in [2.45, 2.75) is 26.3 Å². The van der Waals surface area contributed by atoms with Crippen LogP contribution in [0, 0.1) is 5.92 Å². The van der Waals surface area contributed by atoms with Gasteiger partial charge in [0, 0.05) is 6.20 Å². The van der Waals surface area contributed by atoms with Crippen molar-refractivity contribution in [3.05, 3.63) is 34.2 Å². The van der Waals surface area contributed by atoms with Crippen LogP contribution in [0.2, 0.25) is 0 Å². The van der Waals surface area contributed by atoms with Crippen molar-refractivity contribution in [2.24, 2.45) is 5.92 Å². The molecule has 1 unspecified atom stereocenters. The van der Waals surface area contributed by atoms with Gasteiger partial charge in [0.15, 0.2) is 0 Å². The lowest BCUT2D eigenvalue weighted by molar-refractivity contribution is -0.139. The Kier molecular flexibility index (Phi) is 4.65. The zero-order chi connectivity index (χ0) is 13.7. The first-order chi connectivity index (χ1) is 8.41. The van der Waals surface area contributed by atoms with Crippen LogP contribution in [-0.4, -0.2) is 28.0 Å². The fourth-order valence-electron chi connectivity index (χ4n) is 1.53. The van der Waals surface area contributed by atoms with Crippen LogP contribution in [0.3, 0.4) is 0 Å². The van der Waals surface area contributed by atoms with E-state index in [0.29, 0.717) is 6.42 Å². The van der Waals surface area contributed by atoms with Gasteiger partial charge in [0.05, 0.1) is 0 Å². The van der Waals surface area contributed by atoms with E-state index in [4.69, 9.17) is 5.11 Å². The third kappa shape index (κ3) is 3.73. The molecular weight excluding hydrogens is 236 g/mol. The van der Waals surface area contributed by atoms with E-state index in [1.807, 2.05) is 13.8 Å². The summed E-state index contributed by atoms with van der Waals surface area (Å²) in [6, 6.07) is 1.87. The molecule has 1 atom stereocenters. The standard InChI is InChI=1S/C12H16N2O4/c1-7(2)6-9(12(17)18)14-11(16)8-4-3-5-13-10(8)15/h3-5,7,9H,6H2,1-2H3,(H,13,15)(H,14,16)(H,17,18). The fraction of sp³-hybridized carbons (Fsp3) is 0.417. The van der Waals surface area contributed by atoms with Gasteiger partial charge in [-0.15, -0.1) is 0 Å². The molecule has 1 amide bonds. The zero-order valence-corrected chi connectivity index (χ0v) is 10.3. The number of rotatable bonds is 5. The minimum atomic E-state index is -1.11. The number of aromatic nitrogens is 1. The molecule has 0 spiro atoms. The van der Waals surface area contributed by atoms with Crippen molar-refractivity contribution in [3.8, 4) is 0 Å². The third-order valence-corrected chi connectivity index (χ3v) is 2.37. The second kappa shape index (κ2) is 6.00. The lowest BCUT2D eigenvalue weighted by Crippen LogP contribution is -2.43. The number of aromatic amines is 1. The van der Waals surface area contributed by atoms with Crippen LogP contribution >= 0.6 is 0 Å². The average molecular weight is 252 g/mol. The first-order valence-corrected chi connectivity index (χ1v) is 5.63. The van der Waals surface area contributed by atoms with Gasteiger partial charge in [0.2, 0.25) is 0 Å². The maximum Gasteiger partial charge on any atom is 0.326 e. The van der Waals surface area contributed by atoms with Crippen LogP contribution < -0.4 is 10.9 Å². The largest absolute Gasteiger partial charge is 0.480 e. The fourth-order valence-corrected chi connectivity index (χ4v) is 1.53. The second-order valence-corrected chi connectivity index (χ2v) is 4.41. The maximum atomic E-state index is 11.8. The predicted molar refractivity (Wildman–Crippen MR) is 65.4 cm³/mol. The zero-order valence-electron chi connectivity index (χ0n) is 10.3. The summed E-state index contributed by atoms with van der Waals surface area (Å²) in [5.74, 6) is -1.66. The predicted octanol–water partition coefficient (Wildman–Crippen LogP) is 0.604. The molecule has 0 saturated heterocycles. The smallest absolute Gasteiger partial charge is 0.326 e. The number of carbonyl (C=O) groups is 2. The Morgan fingerprint density at radius 1 is 1.44 bits per heavy atom. The molecule has 0 aliphatic heterocycles. The van der Waals surface area contributed by atoms with E-state index in [-0.39, 0.29) is 11.5 Å². The maximum absolute atomic E-state index is 11.8. The minimum absolute atomic E-state index is 0.0903. The van der Waals surface area contributed by atoms with Gasteiger partial charge in [-0.2, -0.15) is 0 Å². The Morgan fingerprint density at radius 3 is 2.61 bits per heavy atom. The summed E-state index contributed by atoms with van der Waals surface area (Å²) in [7, 11) is 0. The van der Waals surface area contributed by atoms with Crippen molar-refractivity contribution in [1.82, 2.24) is 10.3 Å². The summed E-state index contributed by atoms with van der Waals surface area (Å²) in [5.41, 5.74) is -0.629. The molecule has 1 rings (SSSR count). The molecule has 98 valence electrons. The van der Waals surface area contributed by atoms with Gasteiger partial charge in [0.1, 0.15) is 11.6 Å². The summed E-state index contributed by atoms with van der Waals surface area (Å²) < 4.78 is 0. The van der Waals surface area contributed by atoms with Gasteiger partial charge in [0.25, 0.3) is 11.5 Å². The summed E-state index contributed by atoms with van der Waals surface area (Å²) in [6.45, 7) is 3.72. The highest BCUT2D eigenvalue weighted by molar-refractivity contribution is 5.96. The number of hydrogen-bond acceptors (Lipinski definition) is 3. The van der Waals surface area contributed by atoms with E-state index in [2.05, 4.69) is 10.3 Å². The van der Waals surface area contributed by atoms with Crippen LogP contribution in [0.15, 0.2) is 23.1 Å². The van der Waals surface area contributed by atoms with Crippen LogP contribution in [0.4, 0.5) is 0 Å². The number of H-pyrrole nitrogens is 1. The highest BCUT2D eigenvalue weighted by atomic mass is 16.4.